The maximum Gasteiger partial charge on any atom is 0.120 e. The predicted octanol–water partition coefficient (Wildman–Crippen LogP) is 3.68. The maximum absolute atomic E-state index is 5.78. The number of rotatable bonds is 6. The van der Waals surface area contributed by atoms with Gasteiger partial charge >= 0.3 is 0 Å². The SMILES string of the molecule is CNC(Cc1ncccc1C)c1cccc(OC(C)C)c1. The molecule has 1 atom stereocenters. The second kappa shape index (κ2) is 7.23. The van der Waals surface area contributed by atoms with Gasteiger partial charge in [0.25, 0.3) is 0 Å². The van der Waals surface area contributed by atoms with Crippen LogP contribution in [0.2, 0.25) is 0 Å². The van der Waals surface area contributed by atoms with E-state index in [1.165, 1.54) is 11.1 Å². The second-order valence-electron chi connectivity index (χ2n) is 5.55. The van der Waals surface area contributed by atoms with Gasteiger partial charge < -0.3 is 10.1 Å². The monoisotopic (exact) mass is 284 g/mol. The number of likely N-dealkylation sites (N-methyl/N-ethyl adjacent to an activating group) is 1. The zero-order chi connectivity index (χ0) is 15.2. The molecule has 112 valence electrons. The molecule has 0 saturated carbocycles. The molecule has 1 heterocycles. The summed E-state index contributed by atoms with van der Waals surface area (Å²) < 4.78 is 5.78. The molecule has 0 bridgehead atoms. The average molecular weight is 284 g/mol. The molecule has 0 aliphatic heterocycles. The van der Waals surface area contributed by atoms with Gasteiger partial charge in [-0.2, -0.15) is 0 Å². The summed E-state index contributed by atoms with van der Waals surface area (Å²) in [7, 11) is 1.99. The highest BCUT2D eigenvalue weighted by Gasteiger charge is 2.13. The van der Waals surface area contributed by atoms with Crippen molar-refractivity contribution in [1.29, 1.82) is 0 Å². The molecule has 0 aliphatic rings. The predicted molar refractivity (Wildman–Crippen MR) is 86.7 cm³/mol. The first-order valence-electron chi connectivity index (χ1n) is 7.44. The highest BCUT2D eigenvalue weighted by Crippen LogP contribution is 2.23. The van der Waals surface area contributed by atoms with E-state index in [0.29, 0.717) is 0 Å². The van der Waals surface area contributed by atoms with Crippen LogP contribution in [-0.4, -0.2) is 18.1 Å². The van der Waals surface area contributed by atoms with Gasteiger partial charge in [0, 0.05) is 24.4 Å². The number of hydrogen-bond donors (Lipinski definition) is 1. The summed E-state index contributed by atoms with van der Waals surface area (Å²) in [5, 5.41) is 3.38. The largest absolute Gasteiger partial charge is 0.491 e. The van der Waals surface area contributed by atoms with Gasteiger partial charge in [0.05, 0.1) is 6.10 Å². The zero-order valence-electron chi connectivity index (χ0n) is 13.3. The number of hydrogen-bond acceptors (Lipinski definition) is 3. The first-order chi connectivity index (χ1) is 10.1. The lowest BCUT2D eigenvalue weighted by Crippen LogP contribution is -2.20. The van der Waals surface area contributed by atoms with Crippen LogP contribution >= 0.6 is 0 Å². The Hall–Kier alpha value is -1.87. The normalized spacial score (nSPS) is 12.4. The van der Waals surface area contributed by atoms with Crippen LogP contribution in [0.5, 0.6) is 5.75 Å². The van der Waals surface area contributed by atoms with Crippen molar-refractivity contribution >= 4 is 0 Å². The number of pyridine rings is 1. The second-order valence-corrected chi connectivity index (χ2v) is 5.55. The Kier molecular flexibility index (Phi) is 5.34. The lowest BCUT2D eigenvalue weighted by atomic mass is 9.99. The van der Waals surface area contributed by atoms with Gasteiger partial charge in [-0.25, -0.2) is 0 Å². The highest BCUT2D eigenvalue weighted by atomic mass is 16.5. The van der Waals surface area contributed by atoms with Crippen molar-refractivity contribution in [1.82, 2.24) is 10.3 Å². The van der Waals surface area contributed by atoms with Gasteiger partial charge in [0.2, 0.25) is 0 Å². The summed E-state index contributed by atoms with van der Waals surface area (Å²) in [4.78, 5) is 4.49. The molecule has 1 N–H and O–H groups in total. The first-order valence-corrected chi connectivity index (χ1v) is 7.44. The van der Waals surface area contributed by atoms with Crippen LogP contribution in [0.1, 0.15) is 36.7 Å². The van der Waals surface area contributed by atoms with Crippen LogP contribution in [0, 0.1) is 6.92 Å². The van der Waals surface area contributed by atoms with Gasteiger partial charge in [-0.3, -0.25) is 4.98 Å². The molecule has 0 fully saturated rings. The number of nitrogens with zero attached hydrogens (tertiary/aromatic N) is 1. The van der Waals surface area contributed by atoms with E-state index in [-0.39, 0.29) is 12.1 Å². The Morgan fingerprint density at radius 3 is 2.67 bits per heavy atom. The Bertz CT molecular complexity index is 581. The van der Waals surface area contributed by atoms with Crippen LogP contribution in [0.25, 0.3) is 0 Å². The van der Waals surface area contributed by atoms with E-state index in [1.54, 1.807) is 0 Å². The van der Waals surface area contributed by atoms with E-state index in [4.69, 9.17) is 4.74 Å². The van der Waals surface area contributed by atoms with Gasteiger partial charge in [-0.15, -0.1) is 0 Å². The third-order valence-electron chi connectivity index (χ3n) is 3.50. The molecule has 21 heavy (non-hydrogen) atoms. The number of aromatic nitrogens is 1. The Balaban J connectivity index is 2.19. The van der Waals surface area contributed by atoms with E-state index in [9.17, 15) is 0 Å². The maximum atomic E-state index is 5.78. The Labute approximate surface area is 127 Å². The number of ether oxygens (including phenoxy) is 1. The van der Waals surface area contributed by atoms with Crippen molar-refractivity contribution in [3.8, 4) is 5.75 Å². The van der Waals surface area contributed by atoms with Crippen molar-refractivity contribution in [2.24, 2.45) is 0 Å². The number of nitrogens with one attached hydrogen (secondary N) is 1. The molecule has 2 rings (SSSR count). The zero-order valence-corrected chi connectivity index (χ0v) is 13.3. The topological polar surface area (TPSA) is 34.2 Å². The first kappa shape index (κ1) is 15.5. The summed E-state index contributed by atoms with van der Waals surface area (Å²) in [6, 6.07) is 12.6. The van der Waals surface area contributed by atoms with Crippen molar-refractivity contribution in [3.05, 3.63) is 59.4 Å². The minimum Gasteiger partial charge on any atom is -0.491 e. The fourth-order valence-electron chi connectivity index (χ4n) is 2.39. The van der Waals surface area contributed by atoms with Crippen LogP contribution < -0.4 is 10.1 Å². The fraction of sp³-hybridized carbons (Fsp3) is 0.389. The average Bonchev–Trinajstić information content (AvgIpc) is 2.46. The van der Waals surface area contributed by atoms with E-state index in [1.807, 2.05) is 45.3 Å². The summed E-state index contributed by atoms with van der Waals surface area (Å²) in [6.45, 7) is 6.19. The molecule has 0 spiro atoms. The van der Waals surface area contributed by atoms with Crippen LogP contribution in [0.15, 0.2) is 42.6 Å². The van der Waals surface area contributed by atoms with Crippen LogP contribution in [0.3, 0.4) is 0 Å². The quantitative estimate of drug-likeness (QED) is 0.878. The fourth-order valence-corrected chi connectivity index (χ4v) is 2.39. The number of aryl methyl sites for hydroxylation is 1. The molecule has 2 aromatic rings. The summed E-state index contributed by atoms with van der Waals surface area (Å²) in [5.74, 6) is 0.917. The smallest absolute Gasteiger partial charge is 0.120 e. The van der Waals surface area contributed by atoms with Crippen molar-refractivity contribution in [2.45, 2.75) is 39.3 Å². The standard InChI is InChI=1S/C18H24N2O/c1-13(2)21-16-9-5-8-15(11-16)18(19-4)12-17-14(3)7-6-10-20-17/h5-11,13,18-19H,12H2,1-4H3. The Morgan fingerprint density at radius 2 is 2.00 bits per heavy atom. The van der Waals surface area contributed by atoms with E-state index < -0.39 is 0 Å². The Morgan fingerprint density at radius 1 is 1.19 bits per heavy atom. The third-order valence-corrected chi connectivity index (χ3v) is 3.50. The molecule has 0 amide bonds. The van der Waals surface area contributed by atoms with Gasteiger partial charge in [-0.05, 0) is 57.1 Å². The van der Waals surface area contributed by atoms with Crippen molar-refractivity contribution < 1.29 is 4.74 Å². The molecular formula is C18H24N2O. The minimum atomic E-state index is 0.186. The molecule has 3 heteroatoms. The lowest BCUT2D eigenvalue weighted by molar-refractivity contribution is 0.242. The summed E-state index contributed by atoms with van der Waals surface area (Å²) in [5.41, 5.74) is 3.58. The summed E-state index contributed by atoms with van der Waals surface area (Å²) in [6.07, 6.45) is 2.91. The van der Waals surface area contributed by atoms with E-state index >= 15 is 0 Å². The van der Waals surface area contributed by atoms with Gasteiger partial charge in [0.15, 0.2) is 0 Å². The molecular weight excluding hydrogens is 260 g/mol. The molecule has 1 aromatic heterocycles. The molecule has 1 unspecified atom stereocenters. The summed E-state index contributed by atoms with van der Waals surface area (Å²) >= 11 is 0. The number of benzene rings is 1. The van der Waals surface area contributed by atoms with E-state index in [2.05, 4.69) is 35.4 Å². The van der Waals surface area contributed by atoms with Gasteiger partial charge in [0.1, 0.15) is 5.75 Å². The lowest BCUT2D eigenvalue weighted by Gasteiger charge is -2.19. The molecule has 0 saturated heterocycles. The highest BCUT2D eigenvalue weighted by molar-refractivity contribution is 5.32. The van der Waals surface area contributed by atoms with E-state index in [0.717, 1.165) is 17.9 Å². The molecule has 0 aliphatic carbocycles. The van der Waals surface area contributed by atoms with Gasteiger partial charge in [-0.1, -0.05) is 18.2 Å². The van der Waals surface area contributed by atoms with Crippen LogP contribution in [0.4, 0.5) is 0 Å². The molecule has 3 nitrogen and oxygen atoms in total. The van der Waals surface area contributed by atoms with Crippen molar-refractivity contribution in [3.63, 3.8) is 0 Å². The van der Waals surface area contributed by atoms with Crippen molar-refractivity contribution in [2.75, 3.05) is 7.05 Å². The third kappa shape index (κ3) is 4.30. The molecule has 0 radical (unpaired) electrons. The minimum absolute atomic E-state index is 0.186. The van der Waals surface area contributed by atoms with Crippen LogP contribution in [-0.2, 0) is 6.42 Å². The molecule has 1 aromatic carbocycles.